The normalized spacial score (nSPS) is 28.8. The number of aliphatic hydroxyl groups excluding tert-OH is 1. The zero-order valence-corrected chi connectivity index (χ0v) is 12.3. The topological polar surface area (TPSA) is 55.4 Å². The summed E-state index contributed by atoms with van der Waals surface area (Å²) in [6, 6.07) is 5.69. The second-order valence-electron chi connectivity index (χ2n) is 6.68. The third-order valence-corrected chi connectivity index (χ3v) is 5.21. The van der Waals surface area contributed by atoms with Crippen LogP contribution in [0.2, 0.25) is 0 Å². The van der Waals surface area contributed by atoms with Crippen LogP contribution in [0.4, 0.5) is 0 Å². The van der Waals surface area contributed by atoms with Crippen molar-refractivity contribution in [2.45, 2.75) is 45.3 Å². The SMILES string of the molecule is CCCn1c(=O)oc2cc(C(O)C3CC4CC4C3)ccc21. The maximum Gasteiger partial charge on any atom is 0.419 e. The van der Waals surface area contributed by atoms with E-state index in [0.29, 0.717) is 18.0 Å². The predicted molar refractivity (Wildman–Crippen MR) is 80.0 cm³/mol. The lowest BCUT2D eigenvalue weighted by Crippen LogP contribution is -2.13. The van der Waals surface area contributed by atoms with Gasteiger partial charge in [0, 0.05) is 6.54 Å². The van der Waals surface area contributed by atoms with Gasteiger partial charge >= 0.3 is 5.76 Å². The highest BCUT2D eigenvalue weighted by atomic mass is 16.4. The van der Waals surface area contributed by atoms with E-state index in [2.05, 4.69) is 0 Å². The molecule has 21 heavy (non-hydrogen) atoms. The molecular formula is C17H21NO3. The van der Waals surface area contributed by atoms with Crippen molar-refractivity contribution in [1.29, 1.82) is 0 Å². The summed E-state index contributed by atoms with van der Waals surface area (Å²) in [6.07, 6.45) is 4.11. The third-order valence-electron chi connectivity index (χ3n) is 5.21. The van der Waals surface area contributed by atoms with E-state index >= 15 is 0 Å². The minimum absolute atomic E-state index is 0.305. The molecule has 1 heterocycles. The Balaban J connectivity index is 1.65. The first kappa shape index (κ1) is 13.1. The number of fused-ring (bicyclic) bond motifs is 2. The minimum atomic E-state index is -0.429. The maximum absolute atomic E-state index is 11.8. The quantitative estimate of drug-likeness (QED) is 0.940. The number of nitrogens with zero attached hydrogens (tertiary/aromatic N) is 1. The number of aromatic nitrogens is 1. The van der Waals surface area contributed by atoms with Gasteiger partial charge in [-0.2, -0.15) is 0 Å². The van der Waals surface area contributed by atoms with Crippen LogP contribution in [0.1, 0.15) is 44.3 Å². The van der Waals surface area contributed by atoms with Gasteiger partial charge < -0.3 is 9.52 Å². The lowest BCUT2D eigenvalue weighted by atomic mass is 9.91. The molecule has 0 amide bonds. The van der Waals surface area contributed by atoms with Gasteiger partial charge in [-0.1, -0.05) is 13.0 Å². The maximum atomic E-state index is 11.8. The minimum Gasteiger partial charge on any atom is -0.408 e. The Hall–Kier alpha value is -1.55. The summed E-state index contributed by atoms with van der Waals surface area (Å²) in [6.45, 7) is 2.70. The molecule has 0 saturated heterocycles. The van der Waals surface area contributed by atoms with E-state index in [4.69, 9.17) is 4.42 Å². The summed E-state index contributed by atoms with van der Waals surface area (Å²) in [5, 5.41) is 10.6. The van der Waals surface area contributed by atoms with Gasteiger partial charge in [-0.3, -0.25) is 4.57 Å². The lowest BCUT2D eigenvalue weighted by molar-refractivity contribution is 0.104. The van der Waals surface area contributed by atoms with E-state index in [1.807, 2.05) is 25.1 Å². The molecule has 0 spiro atoms. The van der Waals surface area contributed by atoms with Gasteiger partial charge in [-0.05, 0) is 61.1 Å². The molecule has 2 aliphatic carbocycles. The fourth-order valence-corrected chi connectivity index (χ4v) is 3.99. The highest BCUT2D eigenvalue weighted by Crippen LogP contribution is 2.57. The third kappa shape index (κ3) is 2.13. The molecule has 0 bridgehead atoms. The summed E-state index contributed by atoms with van der Waals surface area (Å²) in [5.74, 6) is 1.78. The van der Waals surface area contributed by atoms with Crippen molar-refractivity contribution in [1.82, 2.24) is 4.57 Å². The summed E-state index contributed by atoms with van der Waals surface area (Å²) in [5.41, 5.74) is 2.30. The van der Waals surface area contributed by atoms with Crippen molar-refractivity contribution in [3.8, 4) is 0 Å². The van der Waals surface area contributed by atoms with Crippen LogP contribution in [-0.2, 0) is 6.54 Å². The van der Waals surface area contributed by atoms with Gasteiger partial charge in [-0.25, -0.2) is 4.79 Å². The largest absolute Gasteiger partial charge is 0.419 e. The Morgan fingerprint density at radius 3 is 2.81 bits per heavy atom. The van der Waals surface area contributed by atoms with Crippen molar-refractivity contribution in [2.75, 3.05) is 0 Å². The fourth-order valence-electron chi connectivity index (χ4n) is 3.99. The second-order valence-corrected chi connectivity index (χ2v) is 6.68. The number of benzene rings is 1. The second kappa shape index (κ2) is 4.73. The Kier molecular flexibility index (Phi) is 2.96. The van der Waals surface area contributed by atoms with Crippen molar-refractivity contribution >= 4 is 11.1 Å². The average molecular weight is 287 g/mol. The zero-order chi connectivity index (χ0) is 14.6. The monoisotopic (exact) mass is 287 g/mol. The molecule has 4 rings (SSSR count). The molecule has 3 unspecified atom stereocenters. The molecule has 4 heteroatoms. The van der Waals surface area contributed by atoms with Crippen LogP contribution >= 0.6 is 0 Å². The van der Waals surface area contributed by atoms with Crippen LogP contribution in [0.15, 0.2) is 27.4 Å². The van der Waals surface area contributed by atoms with Crippen molar-refractivity contribution in [2.24, 2.45) is 17.8 Å². The van der Waals surface area contributed by atoms with E-state index < -0.39 is 6.10 Å². The van der Waals surface area contributed by atoms with Gasteiger partial charge in [-0.15, -0.1) is 0 Å². The van der Waals surface area contributed by atoms with E-state index in [9.17, 15) is 9.90 Å². The molecule has 112 valence electrons. The molecule has 4 nitrogen and oxygen atoms in total. The predicted octanol–water partition coefficient (Wildman–Crippen LogP) is 3.08. The fraction of sp³-hybridized carbons (Fsp3) is 0.588. The lowest BCUT2D eigenvalue weighted by Gasteiger charge is -2.19. The van der Waals surface area contributed by atoms with Crippen molar-refractivity contribution in [3.63, 3.8) is 0 Å². The van der Waals surface area contributed by atoms with Gasteiger partial charge in [0.15, 0.2) is 5.58 Å². The molecule has 2 saturated carbocycles. The molecule has 0 aliphatic heterocycles. The van der Waals surface area contributed by atoms with Crippen molar-refractivity contribution < 1.29 is 9.52 Å². The molecule has 2 fully saturated rings. The van der Waals surface area contributed by atoms with E-state index in [1.54, 1.807) is 4.57 Å². The molecule has 2 aliphatic rings. The molecule has 3 atom stereocenters. The summed E-state index contributed by atoms with van der Waals surface area (Å²) in [7, 11) is 0. The van der Waals surface area contributed by atoms with E-state index in [0.717, 1.165) is 42.2 Å². The number of rotatable bonds is 4. The molecule has 2 aromatic rings. The summed E-state index contributed by atoms with van der Waals surface area (Å²) >= 11 is 0. The van der Waals surface area contributed by atoms with Gasteiger partial charge in [0.25, 0.3) is 0 Å². The van der Waals surface area contributed by atoms with Crippen LogP contribution in [0.5, 0.6) is 0 Å². The number of hydrogen-bond donors (Lipinski definition) is 1. The highest BCUT2D eigenvalue weighted by molar-refractivity contribution is 5.73. The van der Waals surface area contributed by atoms with Crippen LogP contribution in [-0.4, -0.2) is 9.67 Å². The highest BCUT2D eigenvalue weighted by Gasteiger charge is 2.47. The van der Waals surface area contributed by atoms with Crippen LogP contribution in [0.3, 0.4) is 0 Å². The van der Waals surface area contributed by atoms with Crippen molar-refractivity contribution in [3.05, 3.63) is 34.3 Å². The number of hydrogen-bond acceptors (Lipinski definition) is 3. The first-order valence-corrected chi connectivity index (χ1v) is 7.98. The molecule has 0 radical (unpaired) electrons. The van der Waals surface area contributed by atoms with Gasteiger partial charge in [0.05, 0.1) is 11.6 Å². The summed E-state index contributed by atoms with van der Waals surface area (Å²) in [4.78, 5) is 11.8. The average Bonchev–Trinajstić information content (AvgIpc) is 2.96. The number of oxazole rings is 1. The van der Waals surface area contributed by atoms with Gasteiger partial charge in [0.1, 0.15) is 0 Å². The Bertz CT molecular complexity index is 719. The van der Waals surface area contributed by atoms with E-state index in [-0.39, 0.29) is 5.76 Å². The summed E-state index contributed by atoms with van der Waals surface area (Å²) < 4.78 is 6.99. The van der Waals surface area contributed by atoms with E-state index in [1.165, 1.54) is 6.42 Å². The molecule has 1 aromatic carbocycles. The number of aliphatic hydroxyl groups is 1. The van der Waals surface area contributed by atoms with Crippen LogP contribution < -0.4 is 5.76 Å². The number of aryl methyl sites for hydroxylation is 1. The first-order chi connectivity index (χ1) is 10.2. The molecule has 1 aromatic heterocycles. The van der Waals surface area contributed by atoms with Crippen LogP contribution in [0, 0.1) is 17.8 Å². The molecular weight excluding hydrogens is 266 g/mol. The molecule has 1 N–H and O–H groups in total. The zero-order valence-electron chi connectivity index (χ0n) is 12.3. The first-order valence-electron chi connectivity index (χ1n) is 7.98. The van der Waals surface area contributed by atoms with Crippen LogP contribution in [0.25, 0.3) is 11.1 Å². The Morgan fingerprint density at radius 2 is 2.10 bits per heavy atom. The smallest absolute Gasteiger partial charge is 0.408 e. The Morgan fingerprint density at radius 1 is 1.33 bits per heavy atom. The van der Waals surface area contributed by atoms with Gasteiger partial charge in [0.2, 0.25) is 0 Å². The Labute approximate surface area is 123 Å². The standard InChI is InChI=1S/C17H21NO3/c1-2-5-18-14-4-3-10(9-15(14)21-17(18)20)16(19)13-7-11-6-12(11)8-13/h3-4,9,11-13,16,19H,2,5-8H2,1H3.